The molecule has 1 aromatic heterocycles. The van der Waals surface area contributed by atoms with Crippen molar-refractivity contribution in [3.63, 3.8) is 0 Å². The number of halogens is 1. The monoisotopic (exact) mass is 375 g/mol. The van der Waals surface area contributed by atoms with Crippen LogP contribution in [-0.4, -0.2) is 17.4 Å². The molecule has 2 N–H and O–H groups in total. The van der Waals surface area contributed by atoms with E-state index in [-0.39, 0.29) is 17.4 Å². The lowest BCUT2D eigenvalue weighted by molar-refractivity contribution is 0.102. The van der Waals surface area contributed by atoms with E-state index in [0.717, 1.165) is 47.1 Å². The first-order chi connectivity index (χ1) is 13.6. The number of hydrogen-bond acceptors (Lipinski definition) is 3. The third kappa shape index (κ3) is 3.06. The minimum absolute atomic E-state index is 0.247. The number of benzene rings is 2. The van der Waals surface area contributed by atoms with Gasteiger partial charge < -0.3 is 10.6 Å². The van der Waals surface area contributed by atoms with Gasteiger partial charge in [0, 0.05) is 23.5 Å². The number of aryl methyl sites for hydroxylation is 1. The molecule has 0 unspecified atom stereocenters. The van der Waals surface area contributed by atoms with Gasteiger partial charge in [0.25, 0.3) is 5.91 Å². The van der Waals surface area contributed by atoms with Gasteiger partial charge in [-0.3, -0.25) is 9.78 Å². The lowest BCUT2D eigenvalue weighted by Gasteiger charge is -2.19. The summed E-state index contributed by atoms with van der Waals surface area (Å²) in [4.78, 5) is 17.9. The van der Waals surface area contributed by atoms with Gasteiger partial charge in [0.05, 0.1) is 16.8 Å². The van der Waals surface area contributed by atoms with E-state index in [4.69, 9.17) is 4.98 Å². The van der Waals surface area contributed by atoms with Crippen LogP contribution in [0.3, 0.4) is 0 Å². The van der Waals surface area contributed by atoms with Crippen molar-refractivity contribution in [2.75, 3.05) is 11.9 Å². The predicted molar refractivity (Wildman–Crippen MR) is 108 cm³/mol. The number of pyridine rings is 1. The highest BCUT2D eigenvalue weighted by molar-refractivity contribution is 6.12. The Morgan fingerprint density at radius 3 is 2.89 bits per heavy atom. The quantitative estimate of drug-likeness (QED) is 0.711. The van der Waals surface area contributed by atoms with Crippen LogP contribution in [0.5, 0.6) is 0 Å². The van der Waals surface area contributed by atoms with Gasteiger partial charge in [0.15, 0.2) is 0 Å². The highest BCUT2D eigenvalue weighted by Gasteiger charge is 2.27. The molecular formula is C23H22FN3O. The Kier molecular flexibility index (Phi) is 4.13. The molecule has 2 aliphatic rings. The summed E-state index contributed by atoms with van der Waals surface area (Å²) in [5.74, 6) is -0.165. The Morgan fingerprint density at radius 2 is 2.07 bits per heavy atom. The molecule has 2 heterocycles. The van der Waals surface area contributed by atoms with Crippen molar-refractivity contribution in [2.45, 2.75) is 38.6 Å². The Labute approximate surface area is 163 Å². The first kappa shape index (κ1) is 17.3. The summed E-state index contributed by atoms with van der Waals surface area (Å²) in [5, 5.41) is 6.86. The lowest BCUT2D eigenvalue weighted by atomic mass is 9.99. The molecule has 1 aliphatic carbocycles. The number of nitrogens with one attached hydrogen (secondary N) is 2. The molecule has 4 nitrogen and oxygen atoms in total. The number of anilines is 1. The maximum Gasteiger partial charge on any atom is 0.256 e. The molecular weight excluding hydrogens is 353 g/mol. The molecule has 5 rings (SSSR count). The maximum atomic E-state index is 15.0. The molecule has 1 amide bonds. The molecule has 142 valence electrons. The number of carbonyl (C=O) groups is 1. The average molecular weight is 375 g/mol. The lowest BCUT2D eigenvalue weighted by Crippen LogP contribution is -2.25. The molecule has 28 heavy (non-hydrogen) atoms. The summed E-state index contributed by atoms with van der Waals surface area (Å²) in [6.07, 6.45) is 2.85. The molecule has 2 aromatic carbocycles. The van der Waals surface area contributed by atoms with Crippen LogP contribution in [0.15, 0.2) is 36.4 Å². The van der Waals surface area contributed by atoms with E-state index in [0.29, 0.717) is 30.0 Å². The molecule has 0 atom stereocenters. The highest BCUT2D eigenvalue weighted by atomic mass is 19.1. The first-order valence-electron chi connectivity index (χ1n) is 9.84. The number of fused-ring (bicyclic) bond motifs is 2. The van der Waals surface area contributed by atoms with Crippen LogP contribution in [0.25, 0.3) is 10.9 Å². The van der Waals surface area contributed by atoms with E-state index >= 15 is 0 Å². The predicted octanol–water partition coefficient (Wildman–Crippen LogP) is 4.46. The summed E-state index contributed by atoms with van der Waals surface area (Å²) in [6.45, 7) is 3.41. The largest absolute Gasteiger partial charge is 0.319 e. The summed E-state index contributed by atoms with van der Waals surface area (Å²) >= 11 is 0. The van der Waals surface area contributed by atoms with E-state index in [9.17, 15) is 9.18 Å². The topological polar surface area (TPSA) is 54.0 Å². The summed E-state index contributed by atoms with van der Waals surface area (Å²) in [7, 11) is 0. The standard InChI is InChI=1S/C23H22FN3O/c1-13-2-6-19-17(10-13)18(11-21(26-19)14-3-4-14)23(28)27-20-7-5-15-12-25-9-8-16(15)22(20)24/h2,5-7,10-11,14,25H,3-4,8-9,12H2,1H3,(H,27,28). The molecule has 1 aliphatic heterocycles. The average Bonchev–Trinajstić information content (AvgIpc) is 3.55. The molecule has 1 fully saturated rings. The van der Waals surface area contributed by atoms with E-state index < -0.39 is 0 Å². The second kappa shape index (κ2) is 6.67. The van der Waals surface area contributed by atoms with Crippen LogP contribution in [0.1, 0.15) is 51.5 Å². The van der Waals surface area contributed by atoms with Gasteiger partial charge in [-0.15, -0.1) is 0 Å². The Bertz CT molecular complexity index is 1100. The fourth-order valence-corrected chi connectivity index (χ4v) is 3.96. The maximum absolute atomic E-state index is 15.0. The van der Waals surface area contributed by atoms with Crippen molar-refractivity contribution in [1.82, 2.24) is 10.3 Å². The van der Waals surface area contributed by atoms with Gasteiger partial charge in [-0.1, -0.05) is 17.7 Å². The minimum atomic E-state index is -0.315. The van der Waals surface area contributed by atoms with E-state index in [1.807, 2.05) is 37.3 Å². The van der Waals surface area contributed by atoms with Crippen molar-refractivity contribution in [1.29, 1.82) is 0 Å². The van der Waals surface area contributed by atoms with Crippen LogP contribution < -0.4 is 10.6 Å². The van der Waals surface area contributed by atoms with E-state index in [2.05, 4.69) is 10.6 Å². The summed E-state index contributed by atoms with van der Waals surface area (Å²) in [6, 6.07) is 11.4. The van der Waals surface area contributed by atoms with E-state index in [1.165, 1.54) is 0 Å². The van der Waals surface area contributed by atoms with Crippen LogP contribution in [0.2, 0.25) is 0 Å². The Balaban J connectivity index is 1.55. The molecule has 3 aromatic rings. The number of carbonyl (C=O) groups excluding carboxylic acids is 1. The second-order valence-corrected chi connectivity index (χ2v) is 7.84. The normalized spacial score (nSPS) is 16.1. The van der Waals surface area contributed by atoms with Gasteiger partial charge in [-0.05, 0) is 68.1 Å². The zero-order valence-corrected chi connectivity index (χ0v) is 15.8. The van der Waals surface area contributed by atoms with Crippen molar-refractivity contribution in [3.05, 3.63) is 70.2 Å². The molecule has 5 heteroatoms. The third-order valence-electron chi connectivity index (χ3n) is 5.68. The molecule has 0 spiro atoms. The Hall–Kier alpha value is -2.79. The van der Waals surface area contributed by atoms with Crippen LogP contribution >= 0.6 is 0 Å². The fourth-order valence-electron chi connectivity index (χ4n) is 3.96. The van der Waals surface area contributed by atoms with Crippen molar-refractivity contribution in [2.24, 2.45) is 0 Å². The van der Waals surface area contributed by atoms with Crippen LogP contribution in [0, 0.1) is 12.7 Å². The minimum Gasteiger partial charge on any atom is -0.319 e. The van der Waals surface area contributed by atoms with Gasteiger partial charge in [-0.2, -0.15) is 0 Å². The summed E-state index contributed by atoms with van der Waals surface area (Å²) < 4.78 is 15.0. The molecule has 1 saturated carbocycles. The number of rotatable bonds is 3. The zero-order chi connectivity index (χ0) is 19.3. The molecule has 0 bridgehead atoms. The van der Waals surface area contributed by atoms with Gasteiger partial charge in [0.2, 0.25) is 0 Å². The van der Waals surface area contributed by atoms with Gasteiger partial charge >= 0.3 is 0 Å². The second-order valence-electron chi connectivity index (χ2n) is 7.84. The van der Waals surface area contributed by atoms with Crippen LogP contribution in [-0.2, 0) is 13.0 Å². The van der Waals surface area contributed by atoms with Gasteiger partial charge in [0.1, 0.15) is 5.82 Å². The van der Waals surface area contributed by atoms with Crippen molar-refractivity contribution < 1.29 is 9.18 Å². The first-order valence-corrected chi connectivity index (χ1v) is 9.84. The third-order valence-corrected chi connectivity index (χ3v) is 5.68. The zero-order valence-electron chi connectivity index (χ0n) is 15.8. The summed E-state index contributed by atoms with van der Waals surface area (Å²) in [5.41, 5.74) is 5.31. The van der Waals surface area contributed by atoms with Crippen molar-refractivity contribution >= 4 is 22.5 Å². The van der Waals surface area contributed by atoms with Crippen molar-refractivity contribution in [3.8, 4) is 0 Å². The van der Waals surface area contributed by atoms with Crippen LogP contribution in [0.4, 0.5) is 10.1 Å². The Morgan fingerprint density at radius 1 is 1.21 bits per heavy atom. The SMILES string of the molecule is Cc1ccc2nc(C3CC3)cc(C(=O)Nc3ccc4c(c3F)CCNC4)c2c1. The highest BCUT2D eigenvalue weighted by Crippen LogP contribution is 2.40. The molecule has 0 radical (unpaired) electrons. The molecule has 0 saturated heterocycles. The number of hydrogen-bond donors (Lipinski definition) is 2. The smallest absolute Gasteiger partial charge is 0.256 e. The number of nitrogens with zero attached hydrogens (tertiary/aromatic N) is 1. The fraction of sp³-hybridized carbons (Fsp3) is 0.304. The van der Waals surface area contributed by atoms with E-state index in [1.54, 1.807) is 6.07 Å². The number of amides is 1. The van der Waals surface area contributed by atoms with Gasteiger partial charge in [-0.25, -0.2) is 4.39 Å². The number of aromatic nitrogens is 1.